The molecule has 3 atom stereocenters. The predicted molar refractivity (Wildman–Crippen MR) is 69.9 cm³/mol. The van der Waals surface area contributed by atoms with Crippen molar-refractivity contribution in [2.75, 3.05) is 31.1 Å². The van der Waals surface area contributed by atoms with E-state index in [1.807, 2.05) is 0 Å². The smallest absolute Gasteiger partial charge is 0.0678 e. The molecule has 94 valence electrons. The molecule has 3 nitrogen and oxygen atoms in total. The number of nitrogens with zero attached hydrogens (tertiary/aromatic N) is 1. The second-order valence-electron chi connectivity index (χ2n) is 5.25. The molecule has 0 aromatic rings. The lowest BCUT2D eigenvalue weighted by molar-refractivity contribution is -0.0982. The molecule has 0 radical (unpaired) electrons. The van der Waals surface area contributed by atoms with E-state index in [0.29, 0.717) is 12.2 Å². The van der Waals surface area contributed by atoms with Gasteiger partial charge in [0.15, 0.2) is 0 Å². The Labute approximate surface area is 103 Å². The van der Waals surface area contributed by atoms with Crippen molar-refractivity contribution in [1.82, 2.24) is 4.90 Å². The van der Waals surface area contributed by atoms with Crippen LogP contribution in [0.2, 0.25) is 0 Å². The number of thioether (sulfide) groups is 1. The Bertz CT molecular complexity index is 221. The van der Waals surface area contributed by atoms with E-state index >= 15 is 0 Å². The lowest BCUT2D eigenvalue weighted by Crippen LogP contribution is -2.62. The van der Waals surface area contributed by atoms with E-state index in [2.05, 4.69) is 30.5 Å². The zero-order valence-electron chi connectivity index (χ0n) is 10.4. The molecule has 2 N–H and O–H groups in total. The fourth-order valence-corrected chi connectivity index (χ4v) is 4.26. The van der Waals surface area contributed by atoms with Gasteiger partial charge in [-0.25, -0.2) is 0 Å². The molecule has 2 aliphatic heterocycles. The van der Waals surface area contributed by atoms with Gasteiger partial charge in [-0.05, 0) is 32.4 Å². The molecular formula is C12H24N2OS. The van der Waals surface area contributed by atoms with Crippen LogP contribution < -0.4 is 5.73 Å². The predicted octanol–water partition coefficient (Wildman–Crippen LogP) is 1.32. The van der Waals surface area contributed by atoms with Gasteiger partial charge in [-0.15, -0.1) is 0 Å². The first-order valence-electron chi connectivity index (χ1n) is 6.34. The molecule has 2 fully saturated rings. The number of nitrogens with two attached hydrogens (primary N) is 1. The lowest BCUT2D eigenvalue weighted by atomic mass is 9.91. The van der Waals surface area contributed by atoms with E-state index in [1.165, 1.54) is 24.3 Å². The monoisotopic (exact) mass is 244 g/mol. The minimum atomic E-state index is 0.245. The molecule has 0 aliphatic carbocycles. The van der Waals surface area contributed by atoms with Crippen LogP contribution in [0.25, 0.3) is 0 Å². The van der Waals surface area contributed by atoms with Crippen LogP contribution in [0.4, 0.5) is 0 Å². The van der Waals surface area contributed by atoms with Crippen LogP contribution in [0.1, 0.15) is 26.7 Å². The van der Waals surface area contributed by atoms with Gasteiger partial charge in [-0.3, -0.25) is 4.90 Å². The highest BCUT2D eigenvalue weighted by Gasteiger charge is 2.40. The summed E-state index contributed by atoms with van der Waals surface area (Å²) in [6.07, 6.45) is 3.26. The van der Waals surface area contributed by atoms with Crippen molar-refractivity contribution >= 4 is 11.8 Å². The van der Waals surface area contributed by atoms with Gasteiger partial charge in [-0.1, -0.05) is 0 Å². The second-order valence-corrected chi connectivity index (χ2v) is 6.35. The fourth-order valence-electron chi connectivity index (χ4n) is 2.94. The van der Waals surface area contributed by atoms with Gasteiger partial charge in [0.25, 0.3) is 0 Å². The van der Waals surface area contributed by atoms with E-state index in [9.17, 15) is 0 Å². The maximum absolute atomic E-state index is 6.06. The fraction of sp³-hybridized carbons (Fsp3) is 1.00. The van der Waals surface area contributed by atoms with Crippen LogP contribution in [0, 0.1) is 0 Å². The molecule has 0 bridgehead atoms. The largest absolute Gasteiger partial charge is 0.373 e. The third kappa shape index (κ3) is 2.55. The standard InChI is InChI=1S/C12H24N2OS/c1-10-6-14(7-11(2)15-10)12(8-13)4-3-5-16-9-12/h10-11H,3-9,13H2,1-2H3/t10-,11+,12?. The lowest BCUT2D eigenvalue weighted by Gasteiger charge is -2.49. The van der Waals surface area contributed by atoms with E-state index in [1.54, 1.807) is 0 Å². The van der Waals surface area contributed by atoms with Crippen molar-refractivity contribution in [3.05, 3.63) is 0 Å². The van der Waals surface area contributed by atoms with Gasteiger partial charge in [0.1, 0.15) is 0 Å². The zero-order valence-corrected chi connectivity index (χ0v) is 11.3. The van der Waals surface area contributed by atoms with Gasteiger partial charge in [-0.2, -0.15) is 11.8 Å². The molecule has 0 spiro atoms. The van der Waals surface area contributed by atoms with Gasteiger partial charge in [0.05, 0.1) is 12.2 Å². The van der Waals surface area contributed by atoms with Gasteiger partial charge in [0, 0.05) is 30.9 Å². The summed E-state index contributed by atoms with van der Waals surface area (Å²) in [5.74, 6) is 2.50. The molecule has 0 amide bonds. The van der Waals surface area contributed by atoms with Crippen LogP contribution in [0.5, 0.6) is 0 Å². The quantitative estimate of drug-likeness (QED) is 0.795. The summed E-state index contributed by atoms with van der Waals surface area (Å²) in [5.41, 5.74) is 6.31. The average molecular weight is 244 g/mol. The molecule has 0 saturated carbocycles. The average Bonchev–Trinajstić information content (AvgIpc) is 2.28. The van der Waals surface area contributed by atoms with E-state index < -0.39 is 0 Å². The molecule has 2 rings (SSSR count). The topological polar surface area (TPSA) is 38.5 Å². The van der Waals surface area contributed by atoms with Crippen molar-refractivity contribution < 1.29 is 4.74 Å². The van der Waals surface area contributed by atoms with E-state index in [0.717, 1.165) is 19.6 Å². The van der Waals surface area contributed by atoms with Gasteiger partial charge >= 0.3 is 0 Å². The number of rotatable bonds is 2. The summed E-state index contributed by atoms with van der Waals surface area (Å²) < 4.78 is 5.81. The summed E-state index contributed by atoms with van der Waals surface area (Å²) in [6, 6.07) is 0. The third-order valence-electron chi connectivity index (χ3n) is 3.77. The maximum atomic E-state index is 6.06. The van der Waals surface area contributed by atoms with E-state index in [4.69, 9.17) is 10.5 Å². The first-order valence-corrected chi connectivity index (χ1v) is 7.50. The Kier molecular flexibility index (Phi) is 4.16. The van der Waals surface area contributed by atoms with Gasteiger partial charge in [0.2, 0.25) is 0 Å². The molecule has 0 aromatic carbocycles. The molecule has 2 saturated heterocycles. The van der Waals surface area contributed by atoms with Crippen molar-refractivity contribution in [2.24, 2.45) is 5.73 Å². The summed E-state index contributed by atoms with van der Waals surface area (Å²) >= 11 is 2.06. The summed E-state index contributed by atoms with van der Waals surface area (Å²) in [7, 11) is 0. The molecule has 2 heterocycles. The molecule has 16 heavy (non-hydrogen) atoms. The molecule has 4 heteroatoms. The van der Waals surface area contributed by atoms with Crippen molar-refractivity contribution in [3.63, 3.8) is 0 Å². The minimum absolute atomic E-state index is 0.245. The maximum Gasteiger partial charge on any atom is 0.0678 e. The first kappa shape index (κ1) is 12.7. The second kappa shape index (κ2) is 5.25. The molecular weight excluding hydrogens is 220 g/mol. The number of hydrogen-bond acceptors (Lipinski definition) is 4. The Balaban J connectivity index is 2.07. The SMILES string of the molecule is C[C@@H]1CN(C2(CN)CCCSC2)C[C@H](C)O1. The normalized spacial score (nSPS) is 42.2. The van der Waals surface area contributed by atoms with Crippen molar-refractivity contribution in [1.29, 1.82) is 0 Å². The van der Waals surface area contributed by atoms with Crippen LogP contribution >= 0.6 is 11.8 Å². The number of ether oxygens (including phenoxy) is 1. The number of morpholine rings is 1. The number of hydrogen-bond donors (Lipinski definition) is 1. The molecule has 1 unspecified atom stereocenters. The Morgan fingerprint density at radius 2 is 2.06 bits per heavy atom. The van der Waals surface area contributed by atoms with Crippen molar-refractivity contribution in [2.45, 2.75) is 44.4 Å². The van der Waals surface area contributed by atoms with Crippen molar-refractivity contribution in [3.8, 4) is 0 Å². The Hall–Kier alpha value is 0.230. The van der Waals surface area contributed by atoms with Gasteiger partial charge < -0.3 is 10.5 Å². The zero-order chi connectivity index (χ0) is 11.6. The van der Waals surface area contributed by atoms with Crippen LogP contribution in [0.3, 0.4) is 0 Å². The van der Waals surface area contributed by atoms with Crippen LogP contribution in [-0.2, 0) is 4.74 Å². The Morgan fingerprint density at radius 3 is 2.56 bits per heavy atom. The molecule has 2 aliphatic rings. The highest BCUT2D eigenvalue weighted by Crippen LogP contribution is 2.33. The van der Waals surface area contributed by atoms with Crippen LogP contribution in [0.15, 0.2) is 0 Å². The Morgan fingerprint density at radius 1 is 1.38 bits per heavy atom. The van der Waals surface area contributed by atoms with Crippen LogP contribution in [-0.4, -0.2) is 53.8 Å². The highest BCUT2D eigenvalue weighted by molar-refractivity contribution is 7.99. The highest BCUT2D eigenvalue weighted by atomic mass is 32.2. The summed E-state index contributed by atoms with van der Waals surface area (Å²) in [6.45, 7) is 7.22. The minimum Gasteiger partial charge on any atom is -0.373 e. The third-order valence-corrected chi connectivity index (χ3v) is 5.09. The first-order chi connectivity index (χ1) is 7.66. The molecule has 0 aromatic heterocycles. The summed E-state index contributed by atoms with van der Waals surface area (Å²) in [4.78, 5) is 2.60. The van der Waals surface area contributed by atoms with E-state index in [-0.39, 0.29) is 5.54 Å². The summed E-state index contributed by atoms with van der Waals surface area (Å²) in [5, 5.41) is 0.